The molecule has 0 aliphatic carbocycles. The fourth-order valence-corrected chi connectivity index (χ4v) is 1.01. The van der Waals surface area contributed by atoms with Gasteiger partial charge in [-0.15, -0.1) is 5.10 Å². The van der Waals surface area contributed by atoms with E-state index in [9.17, 15) is 0 Å². The van der Waals surface area contributed by atoms with Crippen molar-refractivity contribution < 1.29 is 4.52 Å². The van der Waals surface area contributed by atoms with Gasteiger partial charge in [0.15, 0.2) is 11.1 Å². The summed E-state index contributed by atoms with van der Waals surface area (Å²) in [6.07, 6.45) is 0. The molecule has 1 heterocycles. The number of aryl methyl sites for hydroxylation is 1. The first-order valence-corrected chi connectivity index (χ1v) is 3.26. The molecule has 11 heavy (non-hydrogen) atoms. The molecule has 0 aliphatic heterocycles. The van der Waals surface area contributed by atoms with Crippen molar-refractivity contribution in [2.75, 3.05) is 5.73 Å². The fraction of sp³-hybridized carbons (Fsp3) is 0.143. The van der Waals surface area contributed by atoms with Gasteiger partial charge in [0, 0.05) is 5.27 Å². The molecule has 0 atom stereocenters. The number of anilines is 1. The lowest BCUT2D eigenvalue weighted by Gasteiger charge is -1.93. The molecule has 0 saturated heterocycles. The first-order valence-electron chi connectivity index (χ1n) is 3.26. The highest BCUT2D eigenvalue weighted by Crippen LogP contribution is 2.20. The van der Waals surface area contributed by atoms with E-state index in [1.54, 1.807) is 6.07 Å². The first-order chi connectivity index (χ1) is 5.29. The van der Waals surface area contributed by atoms with Crippen molar-refractivity contribution in [3.63, 3.8) is 0 Å². The Morgan fingerprint density at radius 2 is 2.27 bits per heavy atom. The Bertz CT molecular complexity index is 357. The zero-order chi connectivity index (χ0) is 7.84. The molecule has 4 nitrogen and oxygen atoms in total. The number of nitrogens with two attached hydrogens (primary N) is 1. The average Bonchev–Trinajstić information content (AvgIpc) is 2.45. The summed E-state index contributed by atoms with van der Waals surface area (Å²) in [4.78, 5) is 0. The van der Waals surface area contributed by atoms with Crippen LogP contribution >= 0.6 is 0 Å². The van der Waals surface area contributed by atoms with Gasteiger partial charge >= 0.3 is 0 Å². The predicted molar refractivity (Wildman–Crippen MR) is 41.0 cm³/mol. The van der Waals surface area contributed by atoms with Crippen LogP contribution in [0.5, 0.6) is 0 Å². The third-order valence-electron chi connectivity index (χ3n) is 1.63. The highest BCUT2D eigenvalue weighted by Gasteiger charge is 2.05. The third kappa shape index (κ3) is 0.756. The van der Waals surface area contributed by atoms with E-state index >= 15 is 0 Å². The first kappa shape index (κ1) is 6.15. The number of rotatable bonds is 0. The molecular formula is C7H7N3O. The molecule has 56 valence electrons. The smallest absolute Gasteiger partial charge is 0.192 e. The zero-order valence-corrected chi connectivity index (χ0v) is 6.03. The van der Waals surface area contributed by atoms with E-state index in [0.717, 1.165) is 5.56 Å². The van der Waals surface area contributed by atoms with Crippen molar-refractivity contribution in [1.82, 2.24) is 10.4 Å². The second-order valence-corrected chi connectivity index (χ2v) is 2.42. The van der Waals surface area contributed by atoms with E-state index in [1.165, 1.54) is 0 Å². The molecule has 0 bridgehead atoms. The summed E-state index contributed by atoms with van der Waals surface area (Å²) >= 11 is 0. The molecule has 1 aromatic heterocycles. The molecule has 2 N–H and O–H groups in total. The summed E-state index contributed by atoms with van der Waals surface area (Å²) in [5.41, 5.74) is 8.52. The summed E-state index contributed by atoms with van der Waals surface area (Å²) in [5, 5.41) is 7.16. The average molecular weight is 149 g/mol. The maximum absolute atomic E-state index is 5.61. The third-order valence-corrected chi connectivity index (χ3v) is 1.63. The molecule has 0 saturated carbocycles. The molecule has 0 amide bonds. The van der Waals surface area contributed by atoms with E-state index < -0.39 is 0 Å². The summed E-state index contributed by atoms with van der Waals surface area (Å²) in [6, 6.07) is 3.67. The second-order valence-electron chi connectivity index (χ2n) is 2.42. The van der Waals surface area contributed by atoms with Gasteiger partial charge < -0.3 is 10.3 Å². The van der Waals surface area contributed by atoms with Crippen LogP contribution < -0.4 is 5.73 Å². The molecule has 0 unspecified atom stereocenters. The highest BCUT2D eigenvalue weighted by molar-refractivity contribution is 5.86. The molecule has 0 aliphatic rings. The van der Waals surface area contributed by atoms with Crippen molar-refractivity contribution >= 4 is 16.8 Å². The van der Waals surface area contributed by atoms with Crippen LogP contribution in [0.3, 0.4) is 0 Å². The van der Waals surface area contributed by atoms with E-state index in [1.807, 2.05) is 13.0 Å². The van der Waals surface area contributed by atoms with Gasteiger partial charge in [0.2, 0.25) is 0 Å². The van der Waals surface area contributed by atoms with Crippen LogP contribution in [-0.2, 0) is 0 Å². The number of benzene rings is 1. The Kier molecular flexibility index (Phi) is 1.09. The van der Waals surface area contributed by atoms with Crippen molar-refractivity contribution in [2.45, 2.75) is 6.92 Å². The Balaban J connectivity index is 2.96. The normalized spacial score (nSPS) is 10.6. The molecule has 0 fully saturated rings. The van der Waals surface area contributed by atoms with E-state index in [2.05, 4.69) is 10.4 Å². The van der Waals surface area contributed by atoms with Gasteiger partial charge in [0.05, 0.1) is 5.69 Å². The van der Waals surface area contributed by atoms with Crippen LogP contribution in [0.25, 0.3) is 11.1 Å². The van der Waals surface area contributed by atoms with Gasteiger partial charge in [-0.25, -0.2) is 0 Å². The lowest BCUT2D eigenvalue weighted by Crippen LogP contribution is -1.86. The maximum atomic E-state index is 5.61. The minimum absolute atomic E-state index is 0.604. The number of nitrogens with zero attached hydrogens (tertiary/aromatic N) is 2. The van der Waals surface area contributed by atoms with Gasteiger partial charge in [-0.05, 0) is 18.6 Å². The highest BCUT2D eigenvalue weighted by atomic mass is 16.5. The van der Waals surface area contributed by atoms with Crippen LogP contribution in [-0.4, -0.2) is 10.4 Å². The lowest BCUT2D eigenvalue weighted by molar-refractivity contribution is 0.423. The van der Waals surface area contributed by atoms with E-state index in [4.69, 9.17) is 10.3 Å². The Morgan fingerprint density at radius 1 is 1.45 bits per heavy atom. The topological polar surface area (TPSA) is 64.9 Å². The van der Waals surface area contributed by atoms with Crippen molar-refractivity contribution in [2.24, 2.45) is 0 Å². The minimum Gasteiger partial charge on any atom is -0.397 e. The number of hydrogen-bond acceptors (Lipinski definition) is 4. The van der Waals surface area contributed by atoms with Gasteiger partial charge in [-0.2, -0.15) is 0 Å². The number of hydrogen-bond donors (Lipinski definition) is 1. The molecular weight excluding hydrogens is 142 g/mol. The summed E-state index contributed by atoms with van der Waals surface area (Å²) in [7, 11) is 0. The molecule has 4 heteroatoms. The van der Waals surface area contributed by atoms with Crippen molar-refractivity contribution in [3.05, 3.63) is 17.7 Å². The van der Waals surface area contributed by atoms with Crippen molar-refractivity contribution in [3.8, 4) is 0 Å². The maximum Gasteiger partial charge on any atom is 0.192 e. The molecule has 0 radical (unpaired) electrons. The Morgan fingerprint density at radius 3 is 3.00 bits per heavy atom. The zero-order valence-electron chi connectivity index (χ0n) is 6.03. The van der Waals surface area contributed by atoms with Gasteiger partial charge in [0.1, 0.15) is 0 Å². The second kappa shape index (κ2) is 1.95. The number of fused-ring (bicyclic) bond motifs is 1. The largest absolute Gasteiger partial charge is 0.397 e. The summed E-state index contributed by atoms with van der Waals surface area (Å²) < 4.78 is 4.89. The van der Waals surface area contributed by atoms with E-state index in [-0.39, 0.29) is 0 Å². The monoisotopic (exact) mass is 149 g/mol. The molecule has 2 aromatic rings. The SMILES string of the molecule is Cc1ccc(N)c2nnoc12. The van der Waals surface area contributed by atoms with Crippen LogP contribution in [0, 0.1) is 6.92 Å². The van der Waals surface area contributed by atoms with Crippen molar-refractivity contribution in [1.29, 1.82) is 0 Å². The Labute approximate surface area is 63.0 Å². The molecule has 1 aromatic carbocycles. The van der Waals surface area contributed by atoms with Crippen LogP contribution in [0.2, 0.25) is 0 Å². The Hall–Kier alpha value is -1.58. The van der Waals surface area contributed by atoms with Gasteiger partial charge in [0.25, 0.3) is 0 Å². The lowest BCUT2D eigenvalue weighted by atomic mass is 10.2. The number of nitrogen functional groups attached to an aromatic ring is 1. The van der Waals surface area contributed by atoms with E-state index in [0.29, 0.717) is 16.8 Å². The molecule has 2 rings (SSSR count). The number of aromatic nitrogens is 2. The van der Waals surface area contributed by atoms with Gasteiger partial charge in [-0.3, -0.25) is 0 Å². The predicted octanol–water partition coefficient (Wildman–Crippen LogP) is 1.11. The van der Waals surface area contributed by atoms with Crippen LogP contribution in [0.15, 0.2) is 16.7 Å². The summed E-state index contributed by atoms with van der Waals surface area (Å²) in [5.74, 6) is 0. The fourth-order valence-electron chi connectivity index (χ4n) is 1.01. The van der Waals surface area contributed by atoms with Crippen LogP contribution in [0.1, 0.15) is 5.56 Å². The van der Waals surface area contributed by atoms with Crippen LogP contribution in [0.4, 0.5) is 5.69 Å². The quantitative estimate of drug-likeness (QED) is 0.570. The minimum atomic E-state index is 0.604. The molecule has 0 spiro atoms. The summed E-state index contributed by atoms with van der Waals surface area (Å²) in [6.45, 7) is 1.93. The van der Waals surface area contributed by atoms with Gasteiger partial charge in [-0.1, -0.05) is 6.07 Å². The standard InChI is InChI=1S/C7H7N3O/c1-4-2-3-5(8)6-7(4)11-10-9-6/h2-3H,8H2,1H3.